The molecule has 1 heterocycles. The van der Waals surface area contributed by atoms with Gasteiger partial charge in [0, 0.05) is 16.6 Å². The highest BCUT2D eigenvalue weighted by Gasteiger charge is 2.40. The van der Waals surface area contributed by atoms with Crippen molar-refractivity contribution in [2.45, 2.75) is 44.8 Å². The van der Waals surface area contributed by atoms with Gasteiger partial charge in [0.15, 0.2) is 0 Å². The second kappa shape index (κ2) is 9.35. The van der Waals surface area contributed by atoms with Gasteiger partial charge in [-0.1, -0.05) is 61.2 Å². The molecule has 1 saturated heterocycles. The molecule has 0 aromatic heterocycles. The van der Waals surface area contributed by atoms with Gasteiger partial charge in [0.2, 0.25) is 0 Å². The molecule has 0 atom stereocenters. The van der Waals surface area contributed by atoms with Crippen molar-refractivity contribution in [1.82, 2.24) is 10.2 Å². The van der Waals surface area contributed by atoms with Gasteiger partial charge in [-0.25, -0.2) is 4.79 Å². The van der Waals surface area contributed by atoms with Crippen molar-refractivity contribution in [1.29, 1.82) is 0 Å². The van der Waals surface area contributed by atoms with Crippen molar-refractivity contribution < 1.29 is 19.1 Å². The van der Waals surface area contributed by atoms with Crippen LogP contribution in [-0.4, -0.2) is 28.8 Å². The SMILES string of the molecule is O=C1NC(=O)N(C2CCCCC2)C(=O)/C1=C/c1ccc(OCc2ccccc2Cl)cc1. The molecule has 0 unspecified atom stereocenters. The van der Waals surface area contributed by atoms with Crippen molar-refractivity contribution in [3.8, 4) is 5.75 Å². The minimum Gasteiger partial charge on any atom is -0.489 e. The van der Waals surface area contributed by atoms with Gasteiger partial charge in [0.05, 0.1) is 0 Å². The first-order chi connectivity index (χ1) is 15.0. The van der Waals surface area contributed by atoms with Gasteiger partial charge >= 0.3 is 6.03 Å². The quantitative estimate of drug-likeness (QED) is 0.541. The Labute approximate surface area is 185 Å². The van der Waals surface area contributed by atoms with Crippen LogP contribution in [0.4, 0.5) is 4.79 Å². The van der Waals surface area contributed by atoms with Crippen molar-refractivity contribution >= 4 is 35.5 Å². The molecule has 4 rings (SSSR count). The molecule has 1 aliphatic carbocycles. The molecular weight excluding hydrogens is 416 g/mol. The Balaban J connectivity index is 1.47. The minimum atomic E-state index is -0.666. The summed E-state index contributed by atoms with van der Waals surface area (Å²) < 4.78 is 5.77. The van der Waals surface area contributed by atoms with Crippen LogP contribution >= 0.6 is 11.6 Å². The summed E-state index contributed by atoms with van der Waals surface area (Å²) in [5.74, 6) is -0.554. The number of imide groups is 2. The monoisotopic (exact) mass is 438 g/mol. The summed E-state index contributed by atoms with van der Waals surface area (Å²) >= 11 is 6.14. The van der Waals surface area contributed by atoms with Gasteiger partial charge in [0.1, 0.15) is 17.9 Å². The van der Waals surface area contributed by atoms with E-state index in [-0.39, 0.29) is 11.6 Å². The standard InChI is InChI=1S/C24H23ClN2O4/c25-21-9-5-4-6-17(21)15-31-19-12-10-16(11-13-19)14-20-22(28)26-24(30)27(23(20)29)18-7-2-1-3-8-18/h4-6,9-14,18H,1-3,7-8,15H2,(H,26,28,30)/b20-14+. The first-order valence-electron chi connectivity index (χ1n) is 10.4. The minimum absolute atomic E-state index is 0.0325. The van der Waals surface area contributed by atoms with E-state index in [9.17, 15) is 14.4 Å². The predicted molar refractivity (Wildman–Crippen MR) is 117 cm³/mol. The van der Waals surface area contributed by atoms with E-state index in [4.69, 9.17) is 16.3 Å². The zero-order valence-electron chi connectivity index (χ0n) is 17.0. The summed E-state index contributed by atoms with van der Waals surface area (Å²) in [6.45, 7) is 0.333. The number of carbonyl (C=O) groups excluding carboxylic acids is 3. The molecule has 2 aromatic rings. The maximum atomic E-state index is 12.9. The highest BCUT2D eigenvalue weighted by molar-refractivity contribution is 6.31. The summed E-state index contributed by atoms with van der Waals surface area (Å²) in [5, 5.41) is 2.95. The van der Waals surface area contributed by atoms with Crippen LogP contribution in [0.15, 0.2) is 54.1 Å². The van der Waals surface area contributed by atoms with Gasteiger partial charge < -0.3 is 4.74 Å². The van der Waals surface area contributed by atoms with Crippen molar-refractivity contribution in [3.05, 3.63) is 70.3 Å². The number of hydrogen-bond donors (Lipinski definition) is 1. The first-order valence-corrected chi connectivity index (χ1v) is 10.8. The van der Waals surface area contributed by atoms with Crippen molar-refractivity contribution in [3.63, 3.8) is 0 Å². The van der Waals surface area contributed by atoms with Gasteiger partial charge in [-0.2, -0.15) is 0 Å². The van der Waals surface area contributed by atoms with Gasteiger partial charge in [-0.15, -0.1) is 0 Å². The van der Waals surface area contributed by atoms with Crippen LogP contribution in [0, 0.1) is 0 Å². The number of benzene rings is 2. The zero-order valence-corrected chi connectivity index (χ0v) is 17.7. The van der Waals surface area contributed by atoms with Crippen LogP contribution in [0.2, 0.25) is 5.02 Å². The summed E-state index contributed by atoms with van der Waals surface area (Å²) in [5.41, 5.74) is 1.52. The second-order valence-corrected chi connectivity index (χ2v) is 8.14. The maximum Gasteiger partial charge on any atom is 0.331 e. The average Bonchev–Trinajstić information content (AvgIpc) is 2.77. The fourth-order valence-corrected chi connectivity index (χ4v) is 4.14. The van der Waals surface area contributed by atoms with E-state index in [1.54, 1.807) is 24.3 Å². The normalized spacial score (nSPS) is 18.9. The highest BCUT2D eigenvalue weighted by Crippen LogP contribution is 2.27. The molecule has 0 radical (unpaired) electrons. The third kappa shape index (κ3) is 4.80. The molecule has 6 nitrogen and oxygen atoms in total. The number of hydrogen-bond acceptors (Lipinski definition) is 4. The van der Waals surface area contributed by atoms with E-state index >= 15 is 0 Å². The van der Waals surface area contributed by atoms with E-state index in [0.717, 1.165) is 37.7 Å². The number of urea groups is 1. The summed E-state index contributed by atoms with van der Waals surface area (Å²) in [6, 6.07) is 13.7. The third-order valence-electron chi connectivity index (χ3n) is 5.62. The molecule has 31 heavy (non-hydrogen) atoms. The second-order valence-electron chi connectivity index (χ2n) is 7.73. The van der Waals surface area contributed by atoms with E-state index in [1.807, 2.05) is 24.3 Å². The molecule has 2 aliphatic rings. The predicted octanol–water partition coefficient (Wildman–Crippen LogP) is 4.71. The first kappa shape index (κ1) is 21.1. The molecule has 7 heteroatoms. The molecule has 1 saturated carbocycles. The lowest BCUT2D eigenvalue weighted by Gasteiger charge is -2.35. The molecule has 2 aromatic carbocycles. The Bertz CT molecular complexity index is 1030. The number of nitrogens with one attached hydrogen (secondary N) is 1. The number of barbiturate groups is 1. The number of carbonyl (C=O) groups is 3. The molecule has 1 N–H and O–H groups in total. The summed E-state index contributed by atoms with van der Waals surface area (Å²) in [6.07, 6.45) is 6.12. The van der Waals surface area contributed by atoms with E-state index in [1.165, 1.54) is 11.0 Å². The van der Waals surface area contributed by atoms with Crippen molar-refractivity contribution in [2.75, 3.05) is 0 Å². The fourth-order valence-electron chi connectivity index (χ4n) is 3.95. The van der Waals surface area contributed by atoms with Gasteiger partial charge in [-0.05, 0) is 42.7 Å². The molecule has 160 valence electrons. The number of rotatable bonds is 5. The van der Waals surface area contributed by atoms with Crippen LogP contribution < -0.4 is 10.1 Å². The molecular formula is C24H23ClN2O4. The lowest BCUT2D eigenvalue weighted by Crippen LogP contribution is -2.58. The Hall–Kier alpha value is -3.12. The summed E-state index contributed by atoms with van der Waals surface area (Å²) in [4.78, 5) is 38.8. The third-order valence-corrected chi connectivity index (χ3v) is 5.98. The van der Waals surface area contributed by atoms with Gasteiger partial charge in [-0.3, -0.25) is 19.8 Å². The van der Waals surface area contributed by atoms with Crippen LogP contribution in [0.5, 0.6) is 5.75 Å². The molecule has 0 spiro atoms. The molecule has 4 amide bonds. The fraction of sp³-hybridized carbons (Fsp3) is 0.292. The van der Waals surface area contributed by atoms with E-state index in [0.29, 0.717) is 22.9 Å². The average molecular weight is 439 g/mol. The Morgan fingerprint density at radius 3 is 2.42 bits per heavy atom. The number of ether oxygens (including phenoxy) is 1. The summed E-state index contributed by atoms with van der Waals surface area (Å²) in [7, 11) is 0. The number of halogens is 1. The lowest BCUT2D eigenvalue weighted by atomic mass is 9.93. The van der Waals surface area contributed by atoms with Crippen LogP contribution in [0.1, 0.15) is 43.2 Å². The Morgan fingerprint density at radius 1 is 1.00 bits per heavy atom. The van der Waals surface area contributed by atoms with Gasteiger partial charge in [0.25, 0.3) is 11.8 Å². The topological polar surface area (TPSA) is 75.7 Å². The maximum absolute atomic E-state index is 12.9. The molecule has 1 aliphatic heterocycles. The molecule has 0 bridgehead atoms. The largest absolute Gasteiger partial charge is 0.489 e. The Morgan fingerprint density at radius 2 is 1.71 bits per heavy atom. The smallest absolute Gasteiger partial charge is 0.331 e. The zero-order chi connectivity index (χ0) is 21.8. The van der Waals surface area contributed by atoms with E-state index in [2.05, 4.69) is 5.32 Å². The molecule has 2 fully saturated rings. The highest BCUT2D eigenvalue weighted by atomic mass is 35.5. The number of amides is 4. The lowest BCUT2D eigenvalue weighted by molar-refractivity contribution is -0.132. The van der Waals surface area contributed by atoms with E-state index < -0.39 is 17.8 Å². The van der Waals surface area contributed by atoms with Crippen LogP contribution in [0.3, 0.4) is 0 Å². The Kier molecular flexibility index (Phi) is 6.37. The van der Waals surface area contributed by atoms with Crippen LogP contribution in [-0.2, 0) is 16.2 Å². The van der Waals surface area contributed by atoms with Crippen molar-refractivity contribution in [2.24, 2.45) is 0 Å². The number of nitrogens with zero attached hydrogens (tertiary/aromatic N) is 1. The van der Waals surface area contributed by atoms with Crippen LogP contribution in [0.25, 0.3) is 6.08 Å².